The van der Waals surface area contributed by atoms with Crippen LogP contribution in [-0.2, 0) is 4.74 Å². The van der Waals surface area contributed by atoms with E-state index in [0.29, 0.717) is 5.56 Å². The molecular weight excluding hydrogens is 386 g/mol. The maximum Gasteiger partial charge on any atom is 0.338 e. The van der Waals surface area contributed by atoms with Crippen molar-refractivity contribution in [1.29, 1.82) is 0 Å². The summed E-state index contributed by atoms with van der Waals surface area (Å²) in [6, 6.07) is 24.1. The Kier molecular flexibility index (Phi) is 5.26. The molecule has 0 saturated carbocycles. The number of benzene rings is 3. The highest BCUT2D eigenvalue weighted by molar-refractivity contribution is 5.90. The molecule has 1 fully saturated rings. The summed E-state index contributed by atoms with van der Waals surface area (Å²) in [5, 5.41) is 0. The van der Waals surface area contributed by atoms with Crippen LogP contribution in [0.4, 0.5) is 0 Å². The minimum atomic E-state index is -0.266. The van der Waals surface area contributed by atoms with Gasteiger partial charge in [0, 0.05) is 12.2 Å². The predicted octanol–water partition coefficient (Wildman–Crippen LogP) is 4.94. The van der Waals surface area contributed by atoms with E-state index in [1.165, 1.54) is 0 Å². The van der Waals surface area contributed by atoms with E-state index in [2.05, 4.69) is 47.3 Å². The molecule has 0 spiro atoms. The summed E-state index contributed by atoms with van der Waals surface area (Å²) < 4.78 is 7.78. The molecule has 5 rings (SSSR count). The van der Waals surface area contributed by atoms with Crippen LogP contribution in [0.5, 0.6) is 0 Å². The fraction of sp³-hybridized carbons (Fsp3) is 0.231. The molecule has 2 heterocycles. The van der Waals surface area contributed by atoms with Crippen molar-refractivity contribution in [2.45, 2.75) is 18.9 Å². The first-order chi connectivity index (χ1) is 15.2. The lowest BCUT2D eigenvalue weighted by atomic mass is 10.1. The second kappa shape index (κ2) is 8.36. The molecule has 0 radical (unpaired) electrons. The van der Waals surface area contributed by atoms with Crippen molar-refractivity contribution in [1.82, 2.24) is 14.5 Å². The Balaban J connectivity index is 1.41. The zero-order valence-corrected chi connectivity index (χ0v) is 17.6. The van der Waals surface area contributed by atoms with Crippen LogP contribution < -0.4 is 0 Å². The topological polar surface area (TPSA) is 47.4 Å². The average Bonchev–Trinajstić information content (AvgIpc) is 3.23. The lowest BCUT2D eigenvalue weighted by Crippen LogP contribution is -2.38. The number of nitrogens with zero attached hydrogens (tertiary/aromatic N) is 3. The number of piperidine rings is 1. The van der Waals surface area contributed by atoms with Gasteiger partial charge in [-0.3, -0.25) is 4.57 Å². The average molecular weight is 412 g/mol. The molecule has 1 unspecified atom stereocenters. The molecule has 5 heteroatoms. The van der Waals surface area contributed by atoms with Crippen LogP contribution in [0.15, 0.2) is 79.1 Å². The van der Waals surface area contributed by atoms with Gasteiger partial charge in [-0.05, 0) is 67.9 Å². The van der Waals surface area contributed by atoms with Crippen LogP contribution >= 0.6 is 0 Å². The second-order valence-corrected chi connectivity index (χ2v) is 8.17. The summed E-state index contributed by atoms with van der Waals surface area (Å²) >= 11 is 0. The molecule has 1 aliphatic rings. The van der Waals surface area contributed by atoms with Gasteiger partial charge in [0.25, 0.3) is 0 Å². The van der Waals surface area contributed by atoms with Crippen LogP contribution in [0.2, 0.25) is 0 Å². The molecule has 156 valence electrons. The van der Waals surface area contributed by atoms with Gasteiger partial charge in [0.15, 0.2) is 0 Å². The molecule has 1 saturated heterocycles. The van der Waals surface area contributed by atoms with E-state index in [1.54, 1.807) is 6.33 Å². The molecular formula is C26H25N3O2. The Bertz CT molecular complexity index is 1220. The monoisotopic (exact) mass is 411 g/mol. The maximum absolute atomic E-state index is 12.7. The van der Waals surface area contributed by atoms with Gasteiger partial charge in [0.05, 0.1) is 16.6 Å². The van der Waals surface area contributed by atoms with Crippen molar-refractivity contribution >= 4 is 17.0 Å². The number of esters is 1. The predicted molar refractivity (Wildman–Crippen MR) is 122 cm³/mol. The third kappa shape index (κ3) is 4.09. The lowest BCUT2D eigenvalue weighted by Gasteiger charge is -2.29. The first kappa shape index (κ1) is 19.5. The van der Waals surface area contributed by atoms with Crippen LogP contribution in [-0.4, -0.2) is 46.7 Å². The summed E-state index contributed by atoms with van der Waals surface area (Å²) in [5.41, 5.74) is 5.67. The van der Waals surface area contributed by atoms with Gasteiger partial charge in [-0.1, -0.05) is 42.5 Å². The van der Waals surface area contributed by atoms with Gasteiger partial charge in [0.1, 0.15) is 12.4 Å². The summed E-state index contributed by atoms with van der Waals surface area (Å²) in [5.74, 6) is -0.266. The number of carbonyl (C=O) groups is 1. The fourth-order valence-corrected chi connectivity index (χ4v) is 4.25. The van der Waals surface area contributed by atoms with Crippen LogP contribution in [0, 0.1) is 0 Å². The van der Waals surface area contributed by atoms with Crippen molar-refractivity contribution < 1.29 is 9.53 Å². The van der Waals surface area contributed by atoms with Gasteiger partial charge < -0.3 is 9.64 Å². The Morgan fingerprint density at radius 2 is 1.87 bits per heavy atom. The van der Waals surface area contributed by atoms with Gasteiger partial charge in [-0.2, -0.15) is 0 Å². The zero-order valence-electron chi connectivity index (χ0n) is 17.6. The van der Waals surface area contributed by atoms with Gasteiger partial charge in [-0.15, -0.1) is 0 Å². The molecule has 4 aromatic rings. The van der Waals surface area contributed by atoms with E-state index in [4.69, 9.17) is 4.74 Å². The summed E-state index contributed by atoms with van der Waals surface area (Å²) in [4.78, 5) is 19.5. The Hall–Kier alpha value is -3.44. The van der Waals surface area contributed by atoms with E-state index in [0.717, 1.165) is 53.8 Å². The number of imidazole rings is 1. The Labute approximate surface area is 181 Å². The van der Waals surface area contributed by atoms with Crippen molar-refractivity contribution in [2.24, 2.45) is 0 Å². The minimum Gasteiger partial charge on any atom is -0.457 e. The minimum absolute atomic E-state index is 0.0413. The molecule has 0 N–H and O–H groups in total. The number of hydrogen-bond donors (Lipinski definition) is 0. The van der Waals surface area contributed by atoms with E-state index >= 15 is 0 Å². The van der Waals surface area contributed by atoms with Gasteiger partial charge in [0.2, 0.25) is 0 Å². The van der Waals surface area contributed by atoms with Crippen LogP contribution in [0.3, 0.4) is 0 Å². The SMILES string of the molecule is CN1CCCC(OC(=O)c2cccc(-n3cnc4cc(-c5ccccc5)ccc43)c2)C1. The summed E-state index contributed by atoms with van der Waals surface area (Å²) in [6.45, 7) is 1.85. The first-order valence-electron chi connectivity index (χ1n) is 10.7. The standard InChI is InChI=1S/C26H25N3O2/c1-28-14-6-11-23(17-28)31-26(30)21-9-5-10-22(15-21)29-18-27-24-16-20(12-13-25(24)29)19-7-3-2-4-8-19/h2-5,7-10,12-13,15-16,18,23H,6,11,14,17H2,1H3. The van der Waals surface area contributed by atoms with E-state index in [9.17, 15) is 4.79 Å². The lowest BCUT2D eigenvalue weighted by molar-refractivity contribution is 0.0108. The fourth-order valence-electron chi connectivity index (χ4n) is 4.25. The molecule has 5 nitrogen and oxygen atoms in total. The quantitative estimate of drug-likeness (QED) is 0.446. The van der Waals surface area contributed by atoms with E-state index < -0.39 is 0 Å². The highest BCUT2D eigenvalue weighted by Gasteiger charge is 2.21. The van der Waals surface area contributed by atoms with E-state index in [1.807, 2.05) is 47.0 Å². The molecule has 1 aliphatic heterocycles. The number of aromatic nitrogens is 2. The normalized spacial score (nSPS) is 17.0. The molecule has 1 aromatic heterocycles. The van der Waals surface area contributed by atoms with Crippen molar-refractivity contribution in [3.05, 3.63) is 84.7 Å². The smallest absolute Gasteiger partial charge is 0.338 e. The second-order valence-electron chi connectivity index (χ2n) is 8.17. The molecule has 0 aliphatic carbocycles. The Morgan fingerprint density at radius 1 is 1.00 bits per heavy atom. The molecule has 0 amide bonds. The number of ether oxygens (including phenoxy) is 1. The molecule has 3 aromatic carbocycles. The number of likely N-dealkylation sites (tertiary alicyclic amines) is 1. The highest BCUT2D eigenvalue weighted by Crippen LogP contribution is 2.26. The van der Waals surface area contributed by atoms with E-state index in [-0.39, 0.29) is 12.1 Å². The van der Waals surface area contributed by atoms with Gasteiger partial charge in [-0.25, -0.2) is 9.78 Å². The molecule has 0 bridgehead atoms. The van der Waals surface area contributed by atoms with Gasteiger partial charge >= 0.3 is 5.97 Å². The third-order valence-corrected chi connectivity index (χ3v) is 5.87. The summed E-state index contributed by atoms with van der Waals surface area (Å²) in [7, 11) is 2.06. The number of fused-ring (bicyclic) bond motifs is 1. The maximum atomic E-state index is 12.7. The summed E-state index contributed by atoms with van der Waals surface area (Å²) in [6.07, 6.45) is 3.74. The number of rotatable bonds is 4. The Morgan fingerprint density at radius 3 is 2.71 bits per heavy atom. The van der Waals surface area contributed by atoms with Crippen molar-refractivity contribution in [3.63, 3.8) is 0 Å². The van der Waals surface area contributed by atoms with Crippen molar-refractivity contribution in [2.75, 3.05) is 20.1 Å². The molecule has 31 heavy (non-hydrogen) atoms. The number of carbonyl (C=O) groups excluding carboxylic acids is 1. The third-order valence-electron chi connectivity index (χ3n) is 5.87. The number of likely N-dealkylation sites (N-methyl/N-ethyl adjacent to an activating group) is 1. The first-order valence-corrected chi connectivity index (χ1v) is 10.7. The zero-order chi connectivity index (χ0) is 21.2. The van der Waals surface area contributed by atoms with Crippen molar-refractivity contribution in [3.8, 4) is 16.8 Å². The number of hydrogen-bond acceptors (Lipinski definition) is 4. The highest BCUT2D eigenvalue weighted by atomic mass is 16.5. The van der Waals surface area contributed by atoms with Crippen LogP contribution in [0.25, 0.3) is 27.8 Å². The van der Waals surface area contributed by atoms with Crippen LogP contribution in [0.1, 0.15) is 23.2 Å². The largest absolute Gasteiger partial charge is 0.457 e. The molecule has 1 atom stereocenters.